The van der Waals surface area contributed by atoms with Gasteiger partial charge in [0.15, 0.2) is 0 Å². The molecule has 0 amide bonds. The minimum absolute atomic E-state index is 0.0732. The molecule has 0 fully saturated rings. The van der Waals surface area contributed by atoms with Gasteiger partial charge in [0, 0.05) is 22.4 Å². The average Bonchev–Trinajstić information content (AvgIpc) is 2.68. The Bertz CT molecular complexity index is 539. The maximum absolute atomic E-state index is 13.1. The predicted molar refractivity (Wildman–Crippen MR) is 72.2 cm³/mol. The zero-order chi connectivity index (χ0) is 12.4. The van der Waals surface area contributed by atoms with E-state index in [1.54, 1.807) is 11.3 Å². The van der Waals surface area contributed by atoms with Gasteiger partial charge < -0.3 is 11.1 Å². The Morgan fingerprint density at radius 3 is 2.82 bits per heavy atom. The minimum atomic E-state index is -0.498. The van der Waals surface area contributed by atoms with Gasteiger partial charge in [0.25, 0.3) is 0 Å². The third-order valence-corrected chi connectivity index (χ3v) is 3.63. The van der Waals surface area contributed by atoms with E-state index in [2.05, 4.69) is 18.3 Å². The molecule has 2 rings (SSSR count). The average molecular weight is 271 g/mol. The molecule has 17 heavy (non-hydrogen) atoms. The second kappa shape index (κ2) is 4.94. The first-order valence-corrected chi connectivity index (χ1v) is 6.29. The number of nitrogens with two attached hydrogens (primary N) is 1. The van der Waals surface area contributed by atoms with Gasteiger partial charge in [0.2, 0.25) is 0 Å². The number of rotatable bonds is 3. The number of benzene rings is 1. The summed E-state index contributed by atoms with van der Waals surface area (Å²) < 4.78 is 13.1. The SMILES string of the molecule is Cc1ccc(CNc2cc(Cl)c(F)cc2N)s1. The van der Waals surface area contributed by atoms with Gasteiger partial charge in [-0.2, -0.15) is 0 Å². The molecule has 0 radical (unpaired) electrons. The zero-order valence-electron chi connectivity index (χ0n) is 9.26. The highest BCUT2D eigenvalue weighted by Gasteiger charge is 2.06. The quantitative estimate of drug-likeness (QED) is 0.826. The van der Waals surface area contributed by atoms with Gasteiger partial charge in [0.1, 0.15) is 5.82 Å². The number of nitrogen functional groups attached to an aromatic ring is 1. The fourth-order valence-electron chi connectivity index (χ4n) is 1.48. The van der Waals surface area contributed by atoms with Crippen molar-refractivity contribution < 1.29 is 4.39 Å². The Morgan fingerprint density at radius 2 is 2.18 bits per heavy atom. The van der Waals surface area contributed by atoms with Crippen LogP contribution in [0.15, 0.2) is 24.3 Å². The third-order valence-electron chi connectivity index (χ3n) is 2.34. The number of hydrogen-bond donors (Lipinski definition) is 2. The van der Waals surface area contributed by atoms with E-state index >= 15 is 0 Å². The predicted octanol–water partition coefficient (Wildman–Crippen LogP) is 4.04. The largest absolute Gasteiger partial charge is 0.397 e. The van der Waals surface area contributed by atoms with Crippen LogP contribution in [0, 0.1) is 12.7 Å². The summed E-state index contributed by atoms with van der Waals surface area (Å²) in [5, 5.41) is 3.22. The topological polar surface area (TPSA) is 38.0 Å². The first-order chi connectivity index (χ1) is 8.06. The van der Waals surface area contributed by atoms with Gasteiger partial charge >= 0.3 is 0 Å². The molecule has 0 bridgehead atoms. The second-order valence-corrected chi connectivity index (χ2v) is 5.50. The van der Waals surface area contributed by atoms with Crippen LogP contribution in [0.25, 0.3) is 0 Å². The molecule has 0 aliphatic carbocycles. The van der Waals surface area contributed by atoms with E-state index in [4.69, 9.17) is 17.3 Å². The molecule has 3 N–H and O–H groups in total. The number of nitrogens with one attached hydrogen (secondary N) is 1. The van der Waals surface area contributed by atoms with Gasteiger partial charge in [0.05, 0.1) is 16.4 Å². The Balaban J connectivity index is 2.11. The molecular formula is C12H12ClFN2S. The molecule has 0 aliphatic rings. The van der Waals surface area contributed by atoms with Crippen molar-refractivity contribution >= 4 is 34.3 Å². The molecule has 0 atom stereocenters. The number of aryl methyl sites for hydroxylation is 1. The smallest absolute Gasteiger partial charge is 0.143 e. The van der Waals surface area contributed by atoms with Gasteiger partial charge in [-0.3, -0.25) is 0 Å². The van der Waals surface area contributed by atoms with Crippen LogP contribution in [-0.2, 0) is 6.54 Å². The number of anilines is 2. The minimum Gasteiger partial charge on any atom is -0.397 e. The van der Waals surface area contributed by atoms with Crippen LogP contribution in [0.1, 0.15) is 9.75 Å². The van der Waals surface area contributed by atoms with Crippen LogP contribution in [0.2, 0.25) is 5.02 Å². The van der Waals surface area contributed by atoms with Crippen molar-refractivity contribution in [2.45, 2.75) is 13.5 Å². The summed E-state index contributed by atoms with van der Waals surface area (Å²) in [5.41, 5.74) is 6.72. The number of halogens is 2. The lowest BCUT2D eigenvalue weighted by molar-refractivity contribution is 0.629. The molecule has 1 aromatic heterocycles. The second-order valence-electron chi connectivity index (χ2n) is 3.72. The van der Waals surface area contributed by atoms with Crippen molar-refractivity contribution in [2.24, 2.45) is 0 Å². The third kappa shape index (κ3) is 2.90. The lowest BCUT2D eigenvalue weighted by Gasteiger charge is -2.09. The number of hydrogen-bond acceptors (Lipinski definition) is 3. The first kappa shape index (κ1) is 12.2. The lowest BCUT2D eigenvalue weighted by Crippen LogP contribution is -2.01. The molecule has 0 saturated heterocycles. The van der Waals surface area contributed by atoms with Crippen molar-refractivity contribution in [3.05, 3.63) is 44.9 Å². The standard InChI is InChI=1S/C12H12ClFN2S/c1-7-2-3-8(17-7)6-16-12-4-9(13)10(14)5-11(12)15/h2-5,16H,6,15H2,1H3. The summed E-state index contributed by atoms with van der Waals surface area (Å²) in [6.07, 6.45) is 0. The van der Waals surface area contributed by atoms with E-state index in [1.807, 2.05) is 6.07 Å². The molecule has 90 valence electrons. The summed E-state index contributed by atoms with van der Waals surface area (Å²) >= 11 is 7.41. The molecule has 0 aliphatic heterocycles. The molecule has 5 heteroatoms. The zero-order valence-corrected chi connectivity index (χ0v) is 10.8. The van der Waals surface area contributed by atoms with Crippen LogP contribution in [-0.4, -0.2) is 0 Å². The summed E-state index contributed by atoms with van der Waals surface area (Å²) in [6.45, 7) is 2.71. The van der Waals surface area contributed by atoms with E-state index in [-0.39, 0.29) is 5.02 Å². The van der Waals surface area contributed by atoms with Gasteiger partial charge in [-0.1, -0.05) is 11.6 Å². The van der Waals surface area contributed by atoms with Crippen LogP contribution < -0.4 is 11.1 Å². The maximum Gasteiger partial charge on any atom is 0.143 e. The Hall–Kier alpha value is -1.26. The molecule has 1 aromatic carbocycles. The van der Waals surface area contributed by atoms with Crippen LogP contribution in [0.3, 0.4) is 0 Å². The van der Waals surface area contributed by atoms with Crippen LogP contribution in [0.5, 0.6) is 0 Å². The van der Waals surface area contributed by atoms with Crippen LogP contribution in [0.4, 0.5) is 15.8 Å². The normalized spacial score (nSPS) is 10.5. The van der Waals surface area contributed by atoms with Gasteiger partial charge in [-0.15, -0.1) is 11.3 Å². The van der Waals surface area contributed by atoms with Crippen molar-refractivity contribution in [1.29, 1.82) is 0 Å². The number of thiophene rings is 1. The summed E-state index contributed by atoms with van der Waals surface area (Å²) in [6, 6.07) is 6.84. The van der Waals surface area contributed by atoms with Crippen molar-refractivity contribution in [2.75, 3.05) is 11.1 Å². The van der Waals surface area contributed by atoms with E-state index in [0.717, 1.165) is 0 Å². The van der Waals surface area contributed by atoms with Crippen molar-refractivity contribution in [1.82, 2.24) is 0 Å². The van der Waals surface area contributed by atoms with E-state index in [1.165, 1.54) is 21.9 Å². The Labute approximate surface area is 108 Å². The molecule has 0 saturated carbocycles. The van der Waals surface area contributed by atoms with E-state index in [0.29, 0.717) is 17.9 Å². The molecule has 0 spiro atoms. The summed E-state index contributed by atoms with van der Waals surface area (Å²) in [4.78, 5) is 2.45. The summed E-state index contributed by atoms with van der Waals surface area (Å²) in [5.74, 6) is -0.498. The highest BCUT2D eigenvalue weighted by atomic mass is 35.5. The molecule has 1 heterocycles. The molecule has 2 nitrogen and oxygen atoms in total. The molecular weight excluding hydrogens is 259 g/mol. The maximum atomic E-state index is 13.1. The van der Waals surface area contributed by atoms with E-state index in [9.17, 15) is 4.39 Å². The Kier molecular flexibility index (Phi) is 3.54. The molecule has 0 unspecified atom stereocenters. The van der Waals surface area contributed by atoms with Crippen molar-refractivity contribution in [3.8, 4) is 0 Å². The highest BCUT2D eigenvalue weighted by Crippen LogP contribution is 2.27. The van der Waals surface area contributed by atoms with Gasteiger partial charge in [-0.25, -0.2) is 4.39 Å². The Morgan fingerprint density at radius 1 is 1.41 bits per heavy atom. The van der Waals surface area contributed by atoms with E-state index < -0.39 is 5.82 Å². The monoisotopic (exact) mass is 270 g/mol. The fraction of sp³-hybridized carbons (Fsp3) is 0.167. The van der Waals surface area contributed by atoms with Crippen LogP contribution >= 0.6 is 22.9 Å². The fourth-order valence-corrected chi connectivity index (χ4v) is 2.47. The lowest BCUT2D eigenvalue weighted by atomic mass is 10.2. The molecule has 2 aromatic rings. The first-order valence-electron chi connectivity index (χ1n) is 5.10. The summed E-state index contributed by atoms with van der Waals surface area (Å²) in [7, 11) is 0. The van der Waals surface area contributed by atoms with Gasteiger partial charge in [-0.05, 0) is 25.1 Å². The van der Waals surface area contributed by atoms with Crippen molar-refractivity contribution in [3.63, 3.8) is 0 Å². The highest BCUT2D eigenvalue weighted by molar-refractivity contribution is 7.11.